The predicted octanol–water partition coefficient (Wildman–Crippen LogP) is 11.4. The molecule has 5 aromatic rings. The fourth-order valence-corrected chi connectivity index (χ4v) is 15.4. The van der Waals surface area contributed by atoms with E-state index in [0.29, 0.717) is 0 Å². The standard InChI is InChI=1S/C28H24Si.C9H7.2CH3.Zr/c1-17-21-13-5-9-19-11-7-15-23(25(19)21)27(17)29(3,4)28-18(2)22-14-6-10-20-12-8-16-24(28)26(20)22;1-2-5-9-7-3-6-8(9)4-1;;;/h5-16H,1-4H3;1-7H;2*1H3;. The Morgan fingerprint density at radius 2 is 1.02 bits per heavy atom. The summed E-state index contributed by atoms with van der Waals surface area (Å²) >= 11 is -1.07. The van der Waals surface area contributed by atoms with Crippen LogP contribution in [0.2, 0.25) is 22.4 Å². The fraction of sp³-hybridized carbons (Fsp3) is 0.179. The van der Waals surface area contributed by atoms with Crippen LogP contribution in [0.25, 0.3) is 49.2 Å². The van der Waals surface area contributed by atoms with Crippen molar-refractivity contribution >= 4 is 57.2 Å². The summed E-state index contributed by atoms with van der Waals surface area (Å²) in [4.78, 5) is 0. The predicted molar refractivity (Wildman–Crippen MR) is 180 cm³/mol. The molecule has 1 unspecified atom stereocenters. The van der Waals surface area contributed by atoms with Crippen LogP contribution in [0.1, 0.15) is 50.9 Å². The van der Waals surface area contributed by atoms with E-state index in [-0.39, 0.29) is 0 Å². The van der Waals surface area contributed by atoms with Crippen molar-refractivity contribution in [2.24, 2.45) is 0 Å². The van der Waals surface area contributed by atoms with E-state index < -0.39 is 29.8 Å². The molecular weight excluding hydrogens is 588 g/mol. The molecule has 0 heterocycles. The molecule has 201 valence electrons. The van der Waals surface area contributed by atoms with Crippen LogP contribution in [0.3, 0.4) is 0 Å². The summed E-state index contributed by atoms with van der Waals surface area (Å²) in [7, 11) is -1.95. The van der Waals surface area contributed by atoms with Gasteiger partial charge in [0.25, 0.3) is 0 Å². The van der Waals surface area contributed by atoms with E-state index in [1.807, 2.05) is 0 Å². The Morgan fingerprint density at radius 3 is 1.51 bits per heavy atom. The van der Waals surface area contributed by atoms with E-state index in [0.717, 1.165) is 3.63 Å². The van der Waals surface area contributed by atoms with E-state index in [4.69, 9.17) is 0 Å². The van der Waals surface area contributed by atoms with Crippen molar-refractivity contribution in [3.05, 3.63) is 137 Å². The third kappa shape index (κ3) is 4.10. The van der Waals surface area contributed by atoms with Crippen LogP contribution in [0.4, 0.5) is 0 Å². The Labute approximate surface area is 253 Å². The molecule has 3 aliphatic carbocycles. The summed E-state index contributed by atoms with van der Waals surface area (Å²) in [6, 6.07) is 36.0. The zero-order chi connectivity index (χ0) is 28.5. The molecule has 8 rings (SSSR count). The third-order valence-electron chi connectivity index (χ3n) is 9.58. The second-order valence-corrected chi connectivity index (χ2v) is 23.7. The van der Waals surface area contributed by atoms with Crippen LogP contribution < -0.4 is 0 Å². The first-order chi connectivity index (χ1) is 19.8. The van der Waals surface area contributed by atoms with Gasteiger partial charge in [0, 0.05) is 0 Å². The van der Waals surface area contributed by atoms with Crippen molar-refractivity contribution in [2.75, 3.05) is 0 Å². The van der Waals surface area contributed by atoms with Crippen LogP contribution in [0.15, 0.2) is 103 Å². The Balaban J connectivity index is 0.000000193. The fourth-order valence-electron chi connectivity index (χ4n) is 7.89. The first-order valence-corrected chi connectivity index (χ1v) is 24.2. The maximum absolute atomic E-state index is 2.56. The molecule has 0 nitrogen and oxygen atoms in total. The topological polar surface area (TPSA) is 0 Å². The minimum absolute atomic E-state index is 0.837. The van der Waals surface area contributed by atoms with Crippen LogP contribution in [0, 0.1) is 0 Å². The molecule has 5 aromatic carbocycles. The van der Waals surface area contributed by atoms with Gasteiger partial charge in [-0.05, 0) is 79.2 Å². The van der Waals surface area contributed by atoms with Crippen molar-refractivity contribution < 1.29 is 21.8 Å². The summed E-state index contributed by atoms with van der Waals surface area (Å²) in [5.74, 6) is 0. The third-order valence-corrected chi connectivity index (χ3v) is 17.7. The number of rotatable bonds is 3. The number of hydrogen-bond acceptors (Lipinski definition) is 0. The van der Waals surface area contributed by atoms with Gasteiger partial charge < -0.3 is 0 Å². The monoisotopic (exact) mass is 623 g/mol. The van der Waals surface area contributed by atoms with Gasteiger partial charge in [0.2, 0.25) is 0 Å². The molecule has 0 bridgehead atoms. The average Bonchev–Trinajstić information content (AvgIpc) is 3.63. The quantitative estimate of drug-likeness (QED) is 0.175. The Morgan fingerprint density at radius 1 is 0.561 bits per heavy atom. The van der Waals surface area contributed by atoms with Crippen molar-refractivity contribution in [1.82, 2.24) is 0 Å². The van der Waals surface area contributed by atoms with Crippen LogP contribution >= 0.6 is 0 Å². The van der Waals surface area contributed by atoms with Gasteiger partial charge in [-0.1, -0.05) is 85.9 Å². The number of fused-ring (bicyclic) bond motifs is 1. The van der Waals surface area contributed by atoms with Gasteiger partial charge in [-0.25, -0.2) is 0 Å². The van der Waals surface area contributed by atoms with Gasteiger partial charge in [-0.2, -0.15) is 0 Å². The van der Waals surface area contributed by atoms with E-state index in [9.17, 15) is 0 Å². The Hall–Kier alpha value is -3.06. The van der Waals surface area contributed by atoms with Gasteiger partial charge >= 0.3 is 82.2 Å². The van der Waals surface area contributed by atoms with Crippen LogP contribution in [-0.2, 0) is 21.8 Å². The van der Waals surface area contributed by atoms with E-state index in [1.54, 1.807) is 16.0 Å². The van der Waals surface area contributed by atoms with Crippen LogP contribution in [-0.4, -0.2) is 8.07 Å². The van der Waals surface area contributed by atoms with Gasteiger partial charge in [-0.15, -0.1) is 0 Å². The number of hydrogen-bond donors (Lipinski definition) is 0. The van der Waals surface area contributed by atoms with Crippen molar-refractivity contribution in [2.45, 2.75) is 39.8 Å². The molecule has 41 heavy (non-hydrogen) atoms. The summed E-state index contributed by atoms with van der Waals surface area (Å²) in [6.07, 6.45) is 4.69. The Kier molecular flexibility index (Phi) is 6.57. The zero-order valence-corrected chi connectivity index (χ0v) is 28.4. The average molecular weight is 625 g/mol. The van der Waals surface area contributed by atoms with E-state index in [2.05, 4.69) is 145 Å². The van der Waals surface area contributed by atoms with E-state index >= 15 is 0 Å². The summed E-state index contributed by atoms with van der Waals surface area (Å²) < 4.78 is 5.78. The molecule has 0 N–H and O–H groups in total. The summed E-state index contributed by atoms with van der Waals surface area (Å²) in [5.41, 5.74) is 11.8. The van der Waals surface area contributed by atoms with Gasteiger partial charge in [0.05, 0.1) is 0 Å². The number of allylic oxidation sites excluding steroid dienone is 3. The van der Waals surface area contributed by atoms with Gasteiger partial charge in [0.1, 0.15) is 8.07 Å². The first-order valence-electron chi connectivity index (χ1n) is 14.8. The minimum atomic E-state index is -1.95. The molecule has 0 amide bonds. The van der Waals surface area contributed by atoms with Crippen molar-refractivity contribution in [1.29, 1.82) is 0 Å². The molecule has 3 aliphatic rings. The normalized spacial score (nSPS) is 16.5. The molecular formula is C39H37SiZr. The molecule has 2 heteroatoms. The van der Waals surface area contributed by atoms with Crippen molar-refractivity contribution in [3.63, 3.8) is 0 Å². The molecule has 0 saturated carbocycles. The maximum atomic E-state index is 2.56. The second kappa shape index (κ2) is 10.0. The summed E-state index contributed by atoms with van der Waals surface area (Å²) in [6.45, 7) is 9.80. The number of benzene rings is 5. The first kappa shape index (κ1) is 26.8. The molecule has 0 fully saturated rings. The van der Waals surface area contributed by atoms with Gasteiger partial charge in [0.15, 0.2) is 0 Å². The molecule has 0 aromatic heterocycles. The summed E-state index contributed by atoms with van der Waals surface area (Å²) in [5, 5.41) is 8.86. The molecule has 0 aliphatic heterocycles. The van der Waals surface area contributed by atoms with Crippen molar-refractivity contribution in [3.8, 4) is 0 Å². The SMILES string of the molecule is CC1=C([Si](C)(C)C2=C(C)c3cccc4cccc2c34)c2cccc3cccc1c23.[CH3][Zr]([CH3])[CH]1C=Cc2ccccc21. The molecule has 0 radical (unpaired) electrons. The Bertz CT molecular complexity index is 1850. The van der Waals surface area contributed by atoms with Crippen LogP contribution in [0.5, 0.6) is 0 Å². The molecule has 0 spiro atoms. The second-order valence-electron chi connectivity index (χ2n) is 12.6. The molecule has 0 saturated heterocycles. The zero-order valence-electron chi connectivity index (χ0n) is 25.0. The molecule has 1 atom stereocenters. The van der Waals surface area contributed by atoms with Gasteiger partial charge in [-0.3, -0.25) is 0 Å². The van der Waals surface area contributed by atoms with E-state index in [1.165, 1.54) is 60.5 Å².